The number of rotatable bonds is 7. The number of hydrogen-bond acceptors (Lipinski definition) is 2. The second-order valence-electron chi connectivity index (χ2n) is 9.14. The number of halogens is 9. The summed E-state index contributed by atoms with van der Waals surface area (Å²) < 4.78 is 133. The number of ether oxygens (including phenoxy) is 1. The van der Waals surface area contributed by atoms with Crippen molar-refractivity contribution in [1.29, 1.82) is 0 Å². The lowest BCUT2D eigenvalue weighted by Gasteiger charge is -2.20. The highest BCUT2D eigenvalue weighted by molar-refractivity contribution is 7.15. The fourth-order valence-corrected chi connectivity index (χ4v) is 5.28. The first-order valence-electron chi connectivity index (χ1n) is 12.3. The lowest BCUT2D eigenvalue weighted by Crippen LogP contribution is -2.25. The van der Waals surface area contributed by atoms with E-state index in [-0.39, 0.29) is 28.8 Å². The Labute approximate surface area is 237 Å². The monoisotopic (exact) mass is 608 g/mol. The minimum atomic E-state index is -4.79. The molecule has 0 saturated carbocycles. The topological polar surface area (TPSA) is 9.23 Å². The van der Waals surface area contributed by atoms with Crippen LogP contribution in [-0.2, 0) is 12.5 Å². The third-order valence-electron chi connectivity index (χ3n) is 6.39. The van der Waals surface area contributed by atoms with Gasteiger partial charge in [0.05, 0.1) is 0 Å². The minimum Gasteiger partial charge on any atom is -0.429 e. The van der Waals surface area contributed by atoms with Crippen molar-refractivity contribution < 1.29 is 44.3 Å². The average molecular weight is 609 g/mol. The SMILES string of the molecule is CCc1ccc(-c2ccc(-c3ccc(-c4cc(F)c(C(F)(F)Oc5cc(F)c(F)c(F)c5)c(F)c4)c(F)c3)c(F)c2)s1. The summed E-state index contributed by atoms with van der Waals surface area (Å²) in [6, 6.07) is 12.6. The van der Waals surface area contributed by atoms with Gasteiger partial charge in [-0.1, -0.05) is 31.2 Å². The van der Waals surface area contributed by atoms with Crippen molar-refractivity contribution in [3.05, 3.63) is 124 Å². The normalized spacial score (nSPS) is 11.7. The molecule has 0 aliphatic rings. The lowest BCUT2D eigenvalue weighted by atomic mass is 9.97. The van der Waals surface area contributed by atoms with Gasteiger partial charge < -0.3 is 4.74 Å². The number of hydrogen-bond donors (Lipinski definition) is 0. The Kier molecular flexibility index (Phi) is 7.80. The molecule has 1 heterocycles. The maximum atomic E-state index is 15.1. The molecule has 1 aromatic heterocycles. The van der Waals surface area contributed by atoms with Crippen LogP contribution in [-0.4, -0.2) is 0 Å². The van der Waals surface area contributed by atoms with Crippen molar-refractivity contribution in [2.45, 2.75) is 19.5 Å². The van der Waals surface area contributed by atoms with Crippen molar-refractivity contribution in [2.24, 2.45) is 0 Å². The highest BCUT2D eigenvalue weighted by atomic mass is 32.1. The molecule has 42 heavy (non-hydrogen) atoms. The zero-order valence-corrected chi connectivity index (χ0v) is 22.2. The van der Waals surface area contributed by atoms with E-state index in [0.717, 1.165) is 28.3 Å². The molecule has 5 aromatic rings. The molecular weight excluding hydrogens is 591 g/mol. The molecule has 5 rings (SSSR count). The maximum Gasteiger partial charge on any atom is 0.432 e. The Morgan fingerprint density at radius 1 is 0.595 bits per heavy atom. The first-order valence-corrected chi connectivity index (χ1v) is 13.1. The molecule has 0 atom stereocenters. The van der Waals surface area contributed by atoms with Crippen LogP contribution in [0.15, 0.2) is 72.8 Å². The van der Waals surface area contributed by atoms with Crippen molar-refractivity contribution in [3.8, 4) is 38.4 Å². The van der Waals surface area contributed by atoms with Gasteiger partial charge >= 0.3 is 6.11 Å². The fourth-order valence-electron chi connectivity index (χ4n) is 4.34. The molecule has 0 bridgehead atoms. The number of benzene rings is 4. The van der Waals surface area contributed by atoms with Gasteiger partial charge in [0.1, 0.15) is 34.6 Å². The van der Waals surface area contributed by atoms with Crippen molar-refractivity contribution in [2.75, 3.05) is 0 Å². The summed E-state index contributed by atoms with van der Waals surface area (Å²) in [5, 5.41) is 0. The van der Waals surface area contributed by atoms with Gasteiger partial charge in [-0.3, -0.25) is 0 Å². The predicted octanol–water partition coefficient (Wildman–Crippen LogP) is 10.4. The molecule has 0 saturated heterocycles. The summed E-state index contributed by atoms with van der Waals surface area (Å²) in [5.41, 5.74) is -1.94. The molecule has 0 unspecified atom stereocenters. The van der Waals surface area contributed by atoms with E-state index in [9.17, 15) is 35.1 Å². The van der Waals surface area contributed by atoms with Gasteiger partial charge in [-0.2, -0.15) is 8.78 Å². The van der Waals surface area contributed by atoms with Gasteiger partial charge in [0.2, 0.25) is 0 Å². The summed E-state index contributed by atoms with van der Waals surface area (Å²) in [5.74, 6) is -12.3. The van der Waals surface area contributed by atoms with E-state index >= 15 is 4.39 Å². The molecule has 216 valence electrons. The molecule has 4 aromatic carbocycles. The van der Waals surface area contributed by atoms with Crippen molar-refractivity contribution in [3.63, 3.8) is 0 Å². The van der Waals surface area contributed by atoms with Crippen LogP contribution in [0.4, 0.5) is 39.5 Å². The van der Waals surface area contributed by atoms with Crippen LogP contribution in [0.1, 0.15) is 17.4 Å². The molecular formula is C31H17F9OS. The molecule has 0 aliphatic carbocycles. The molecule has 0 spiro atoms. The van der Waals surface area contributed by atoms with E-state index in [1.807, 2.05) is 19.1 Å². The fraction of sp³-hybridized carbons (Fsp3) is 0.0968. The Balaban J connectivity index is 1.43. The summed E-state index contributed by atoms with van der Waals surface area (Å²) >= 11 is 1.52. The van der Waals surface area contributed by atoms with Crippen LogP contribution in [0.5, 0.6) is 5.75 Å². The zero-order chi connectivity index (χ0) is 30.3. The van der Waals surface area contributed by atoms with Gasteiger partial charge in [-0.25, -0.2) is 30.7 Å². The second-order valence-corrected chi connectivity index (χ2v) is 10.3. The molecule has 0 amide bonds. The van der Waals surface area contributed by atoms with E-state index in [1.165, 1.54) is 29.5 Å². The first-order chi connectivity index (χ1) is 19.9. The summed E-state index contributed by atoms with van der Waals surface area (Å²) in [6.45, 7) is 2.00. The van der Waals surface area contributed by atoms with Gasteiger partial charge in [0, 0.05) is 33.0 Å². The van der Waals surface area contributed by atoms with Gasteiger partial charge in [-0.15, -0.1) is 11.3 Å². The zero-order valence-electron chi connectivity index (χ0n) is 21.4. The Morgan fingerprint density at radius 3 is 1.67 bits per heavy atom. The molecule has 0 radical (unpaired) electrons. The average Bonchev–Trinajstić information content (AvgIpc) is 3.40. The predicted molar refractivity (Wildman–Crippen MR) is 141 cm³/mol. The highest BCUT2D eigenvalue weighted by Crippen LogP contribution is 2.39. The quantitative estimate of drug-likeness (QED) is 0.132. The number of aryl methyl sites for hydroxylation is 1. The van der Waals surface area contributed by atoms with Crippen LogP contribution in [0.2, 0.25) is 0 Å². The summed E-state index contributed by atoms with van der Waals surface area (Å²) in [6.07, 6.45) is -3.96. The number of alkyl halides is 2. The van der Waals surface area contributed by atoms with Crippen molar-refractivity contribution in [1.82, 2.24) is 0 Å². The molecule has 0 aliphatic heterocycles. The van der Waals surface area contributed by atoms with E-state index in [2.05, 4.69) is 4.74 Å². The number of thiophene rings is 1. The molecule has 0 fully saturated rings. The molecule has 0 N–H and O–H groups in total. The Bertz CT molecular complexity index is 1770. The van der Waals surface area contributed by atoms with E-state index in [4.69, 9.17) is 0 Å². The molecule has 1 nitrogen and oxygen atoms in total. The van der Waals surface area contributed by atoms with Gasteiger partial charge in [-0.05, 0) is 59.5 Å². The Hall–Kier alpha value is -4.25. The Morgan fingerprint density at radius 2 is 1.12 bits per heavy atom. The van der Waals surface area contributed by atoms with E-state index < -0.39 is 63.7 Å². The first kappa shape index (κ1) is 29.2. The third-order valence-corrected chi connectivity index (χ3v) is 7.67. The van der Waals surface area contributed by atoms with Crippen LogP contribution in [0.25, 0.3) is 32.7 Å². The van der Waals surface area contributed by atoms with Gasteiger partial charge in [0.25, 0.3) is 0 Å². The standard InChI is InChI=1S/C31H17F9OS/c1-2-19-5-8-28(42-19)16-4-7-20(23(33)10-16)15-3-6-21(22(32)9-15)17-11-24(34)29(25(35)12-17)31(39,40)41-18-13-26(36)30(38)27(37)14-18/h3-14H,2H2,1H3. The van der Waals surface area contributed by atoms with E-state index in [0.29, 0.717) is 17.7 Å². The second kappa shape index (κ2) is 11.2. The largest absolute Gasteiger partial charge is 0.432 e. The minimum absolute atomic E-state index is 0.0645. The van der Waals surface area contributed by atoms with Crippen LogP contribution in [0, 0.1) is 40.7 Å². The summed E-state index contributed by atoms with van der Waals surface area (Å²) in [7, 11) is 0. The smallest absolute Gasteiger partial charge is 0.429 e. The van der Waals surface area contributed by atoms with Crippen LogP contribution < -0.4 is 4.74 Å². The molecule has 11 heteroatoms. The highest BCUT2D eigenvalue weighted by Gasteiger charge is 2.41. The summed E-state index contributed by atoms with van der Waals surface area (Å²) in [4.78, 5) is 1.99. The van der Waals surface area contributed by atoms with Crippen LogP contribution in [0.3, 0.4) is 0 Å². The van der Waals surface area contributed by atoms with Crippen LogP contribution >= 0.6 is 11.3 Å². The third kappa shape index (κ3) is 5.61. The van der Waals surface area contributed by atoms with E-state index in [1.54, 1.807) is 6.07 Å². The lowest BCUT2D eigenvalue weighted by molar-refractivity contribution is -0.189. The van der Waals surface area contributed by atoms with Gasteiger partial charge in [0.15, 0.2) is 17.5 Å². The van der Waals surface area contributed by atoms with Crippen molar-refractivity contribution >= 4 is 11.3 Å². The maximum absolute atomic E-state index is 15.1.